The topological polar surface area (TPSA) is 140 Å². The van der Waals surface area contributed by atoms with Crippen molar-refractivity contribution in [3.63, 3.8) is 0 Å². The van der Waals surface area contributed by atoms with Gasteiger partial charge in [-0.1, -0.05) is 0 Å². The van der Waals surface area contributed by atoms with Crippen molar-refractivity contribution in [1.29, 1.82) is 0 Å². The quantitative estimate of drug-likeness (QED) is 0.343. The van der Waals surface area contributed by atoms with Crippen LogP contribution in [0.5, 0.6) is 5.75 Å². The number of ether oxygens (including phenoxy) is 3. The average Bonchev–Trinajstić information content (AvgIpc) is 3.35. The van der Waals surface area contributed by atoms with Crippen molar-refractivity contribution in [2.75, 3.05) is 25.6 Å². The number of rotatable bonds is 6. The van der Waals surface area contributed by atoms with Gasteiger partial charge in [0.1, 0.15) is 17.7 Å². The Morgan fingerprint density at radius 3 is 2.55 bits per heavy atom. The van der Waals surface area contributed by atoms with Crippen molar-refractivity contribution in [2.45, 2.75) is 38.0 Å². The monoisotopic (exact) mass is 544 g/mol. The molecular weight excluding hydrogens is 516 g/mol. The first-order chi connectivity index (χ1) is 19.4. The van der Waals surface area contributed by atoms with E-state index in [-0.39, 0.29) is 18.2 Å². The Morgan fingerprint density at radius 1 is 1.05 bits per heavy atom. The van der Waals surface area contributed by atoms with Gasteiger partial charge < -0.3 is 24.6 Å². The van der Waals surface area contributed by atoms with Crippen molar-refractivity contribution in [2.24, 2.45) is 0 Å². The molecule has 4 aromatic rings. The van der Waals surface area contributed by atoms with E-state index in [0.717, 1.165) is 22.3 Å². The zero-order chi connectivity index (χ0) is 27.8. The molecule has 2 aliphatic rings. The van der Waals surface area contributed by atoms with Gasteiger partial charge in [-0.05, 0) is 42.8 Å². The summed E-state index contributed by atoms with van der Waals surface area (Å²) in [5, 5.41) is 17.4. The van der Waals surface area contributed by atoms with Crippen LogP contribution >= 0.6 is 0 Å². The summed E-state index contributed by atoms with van der Waals surface area (Å²) in [5.74, 6) is 1.34. The van der Waals surface area contributed by atoms with Crippen molar-refractivity contribution >= 4 is 29.2 Å². The second-order valence-electron chi connectivity index (χ2n) is 9.93. The summed E-state index contributed by atoms with van der Waals surface area (Å²) < 4.78 is 18.6. The first kappa shape index (κ1) is 25.6. The molecule has 2 saturated heterocycles. The fourth-order valence-corrected chi connectivity index (χ4v) is 5.38. The first-order valence-corrected chi connectivity index (χ1v) is 12.9. The molecule has 40 heavy (non-hydrogen) atoms. The van der Waals surface area contributed by atoms with Crippen LogP contribution in [0.4, 0.5) is 16.4 Å². The molecule has 0 saturated carbocycles. The van der Waals surface area contributed by atoms with Crippen LogP contribution in [-0.2, 0) is 9.47 Å². The van der Waals surface area contributed by atoms with E-state index in [2.05, 4.69) is 20.4 Å². The number of amides is 1. The molecule has 206 valence electrons. The van der Waals surface area contributed by atoms with Crippen molar-refractivity contribution in [3.05, 3.63) is 66.2 Å². The second-order valence-corrected chi connectivity index (χ2v) is 9.93. The van der Waals surface area contributed by atoms with E-state index < -0.39 is 12.1 Å². The van der Waals surface area contributed by atoms with Crippen LogP contribution in [0.15, 0.2) is 55.0 Å². The Balaban J connectivity index is 1.23. The van der Waals surface area contributed by atoms with Crippen molar-refractivity contribution in [3.8, 4) is 16.9 Å². The summed E-state index contributed by atoms with van der Waals surface area (Å²) in [4.78, 5) is 33.6. The molecule has 12 nitrogen and oxygen atoms in total. The smallest absolute Gasteiger partial charge is 0.407 e. The fraction of sp³-hybridized carbons (Fsp3) is 0.321. The number of hydrogen-bond acceptors (Lipinski definition) is 9. The maximum absolute atomic E-state index is 11.8. The van der Waals surface area contributed by atoms with Gasteiger partial charge in [0.25, 0.3) is 0 Å². The van der Waals surface area contributed by atoms with Crippen LogP contribution in [0, 0.1) is 6.92 Å². The summed E-state index contributed by atoms with van der Waals surface area (Å²) in [5.41, 5.74) is 3.90. The molecule has 12 heteroatoms. The normalized spacial score (nSPS) is 20.2. The number of aryl methyl sites for hydroxylation is 1. The molecule has 0 radical (unpaired) electrons. The molecule has 0 aliphatic carbocycles. The molecule has 0 spiro atoms. The Bertz CT molecular complexity index is 1560. The van der Waals surface area contributed by atoms with E-state index in [0.29, 0.717) is 49.0 Å². The van der Waals surface area contributed by atoms with Crippen molar-refractivity contribution < 1.29 is 28.9 Å². The molecule has 3 atom stereocenters. The Labute approximate surface area is 229 Å². The highest BCUT2D eigenvalue weighted by molar-refractivity contribution is 5.89. The van der Waals surface area contributed by atoms with Gasteiger partial charge in [-0.15, -0.1) is 0 Å². The van der Waals surface area contributed by atoms with E-state index >= 15 is 0 Å². The molecule has 0 unspecified atom stereocenters. The third-order valence-corrected chi connectivity index (χ3v) is 7.21. The van der Waals surface area contributed by atoms with Crippen LogP contribution in [0.25, 0.3) is 16.6 Å². The van der Waals surface area contributed by atoms with Crippen LogP contribution in [0.3, 0.4) is 0 Å². The lowest BCUT2D eigenvalue weighted by molar-refractivity contribution is -0.0857. The number of esters is 1. The van der Waals surface area contributed by atoms with E-state index in [9.17, 15) is 14.7 Å². The van der Waals surface area contributed by atoms with Crippen LogP contribution in [0.2, 0.25) is 0 Å². The standard InChI is InChI=1S/C28H28N6O6/c1-16-7-23(24(13-29-16)40-22-9-20-14-39-15-21(10-22)34(20)28(36)37)17-5-6-33-19(8-17)11-26(32-33)31-25-4-3-18(12-30-25)27(35)38-2/h3-8,11-13,20-22H,9-10,14-15H2,1-2H3,(H,36,37)(H,30,31,32)/t20-,21+,22-. The minimum Gasteiger partial charge on any atom is -0.488 e. The van der Waals surface area contributed by atoms with Gasteiger partial charge in [0.05, 0.1) is 49.7 Å². The number of methoxy groups -OCH3 is 1. The lowest BCUT2D eigenvalue weighted by Crippen LogP contribution is -2.60. The summed E-state index contributed by atoms with van der Waals surface area (Å²) in [7, 11) is 1.33. The van der Waals surface area contributed by atoms with Crippen LogP contribution in [0.1, 0.15) is 28.9 Å². The van der Waals surface area contributed by atoms with Gasteiger partial charge in [-0.2, -0.15) is 5.10 Å². The van der Waals surface area contributed by atoms with Gasteiger partial charge in [0, 0.05) is 42.6 Å². The molecule has 2 fully saturated rings. The lowest BCUT2D eigenvalue weighted by atomic mass is 9.92. The number of hydrogen-bond donors (Lipinski definition) is 2. The van der Waals surface area contributed by atoms with Gasteiger partial charge in [-0.25, -0.2) is 19.1 Å². The fourth-order valence-electron chi connectivity index (χ4n) is 5.38. The molecule has 2 N–H and O–H groups in total. The highest BCUT2D eigenvalue weighted by atomic mass is 16.5. The number of aromatic nitrogens is 4. The van der Waals surface area contributed by atoms with Crippen molar-refractivity contribution in [1.82, 2.24) is 24.5 Å². The van der Waals surface area contributed by atoms with Gasteiger partial charge in [0.15, 0.2) is 5.82 Å². The molecular formula is C28H28N6O6. The third-order valence-electron chi connectivity index (χ3n) is 7.21. The zero-order valence-electron chi connectivity index (χ0n) is 22.0. The molecule has 4 aromatic heterocycles. The number of piperidine rings is 1. The molecule has 1 amide bonds. The number of nitrogens with zero attached hydrogens (tertiary/aromatic N) is 5. The highest BCUT2D eigenvalue weighted by Crippen LogP contribution is 2.36. The Morgan fingerprint density at radius 2 is 1.85 bits per heavy atom. The minimum atomic E-state index is -0.911. The number of morpholine rings is 1. The van der Waals surface area contributed by atoms with E-state index in [1.165, 1.54) is 18.2 Å². The van der Waals surface area contributed by atoms with E-state index in [4.69, 9.17) is 14.2 Å². The Kier molecular flexibility index (Phi) is 6.68. The number of carboxylic acid groups (broad SMARTS) is 1. The highest BCUT2D eigenvalue weighted by Gasteiger charge is 2.42. The van der Waals surface area contributed by atoms with Gasteiger partial charge >= 0.3 is 12.1 Å². The summed E-state index contributed by atoms with van der Waals surface area (Å²) in [6.07, 6.45) is 5.11. The summed E-state index contributed by atoms with van der Waals surface area (Å²) in [6, 6.07) is 10.7. The summed E-state index contributed by atoms with van der Waals surface area (Å²) in [6.45, 7) is 2.68. The van der Waals surface area contributed by atoms with Crippen LogP contribution < -0.4 is 10.1 Å². The molecule has 2 aliphatic heterocycles. The minimum absolute atomic E-state index is 0.148. The third kappa shape index (κ3) is 5.00. The lowest BCUT2D eigenvalue weighted by Gasteiger charge is -2.46. The second kappa shape index (κ2) is 10.5. The van der Waals surface area contributed by atoms with Gasteiger partial charge in [0.2, 0.25) is 0 Å². The van der Waals surface area contributed by atoms with Gasteiger partial charge in [-0.3, -0.25) is 9.88 Å². The van der Waals surface area contributed by atoms with Crippen LogP contribution in [-0.4, -0.2) is 80.2 Å². The molecule has 6 rings (SSSR count). The van der Waals surface area contributed by atoms with E-state index in [1.807, 2.05) is 37.4 Å². The largest absolute Gasteiger partial charge is 0.488 e. The Hall–Kier alpha value is -4.71. The molecule has 2 bridgehead atoms. The number of anilines is 2. The SMILES string of the molecule is COC(=O)c1ccc(Nc2cc3cc(-c4cc(C)ncc4O[C@H]4C[C@H]5COC[C@@H](C4)N5C(=O)O)ccn3n2)nc1. The molecule has 6 heterocycles. The number of nitrogens with one attached hydrogen (secondary N) is 1. The number of carbonyl (C=O) groups excluding carboxylic acids is 1. The molecule has 0 aromatic carbocycles. The van der Waals surface area contributed by atoms with E-state index in [1.54, 1.807) is 22.8 Å². The first-order valence-electron chi connectivity index (χ1n) is 12.9. The number of pyridine rings is 3. The predicted octanol–water partition coefficient (Wildman–Crippen LogP) is 3.92. The maximum Gasteiger partial charge on any atom is 0.407 e. The summed E-state index contributed by atoms with van der Waals surface area (Å²) >= 11 is 0. The number of fused-ring (bicyclic) bond motifs is 3. The maximum atomic E-state index is 11.8. The zero-order valence-corrected chi connectivity index (χ0v) is 22.0. The predicted molar refractivity (Wildman–Crippen MR) is 144 cm³/mol. The number of carbonyl (C=O) groups is 2. The average molecular weight is 545 g/mol.